The zero-order chi connectivity index (χ0) is 29.9. The van der Waals surface area contributed by atoms with Crippen LogP contribution in [0.2, 0.25) is 0 Å². The fraction of sp³-hybridized carbons (Fsp3) is 0.273. The molecule has 0 fully saturated rings. The third-order valence-electron chi connectivity index (χ3n) is 7.54. The molecule has 0 saturated carbocycles. The number of benzene rings is 3. The molecular weight excluding hydrogens is 540 g/mol. The summed E-state index contributed by atoms with van der Waals surface area (Å²) in [5, 5.41) is 14.6. The van der Waals surface area contributed by atoms with Crippen molar-refractivity contribution < 1.29 is 0 Å². The van der Waals surface area contributed by atoms with Gasteiger partial charge < -0.3 is 4.57 Å². The summed E-state index contributed by atoms with van der Waals surface area (Å²) in [5.41, 5.74) is 4.78. The first-order valence-corrected chi connectivity index (χ1v) is 14.7. The molecule has 0 atom stereocenters. The van der Waals surface area contributed by atoms with Crippen molar-refractivity contribution in [2.24, 2.45) is 5.92 Å². The van der Waals surface area contributed by atoms with Crippen LogP contribution in [0.1, 0.15) is 45.0 Å². The zero-order valence-electron chi connectivity index (χ0n) is 24.6. The molecule has 43 heavy (non-hydrogen) atoms. The van der Waals surface area contributed by atoms with Gasteiger partial charge in [0, 0.05) is 25.1 Å². The lowest BCUT2D eigenvalue weighted by Gasteiger charge is -2.14. The summed E-state index contributed by atoms with van der Waals surface area (Å²) < 4.78 is 4.95. The Bertz CT molecular complexity index is 1970. The predicted molar refractivity (Wildman–Crippen MR) is 167 cm³/mol. The summed E-state index contributed by atoms with van der Waals surface area (Å²) in [7, 11) is 0. The summed E-state index contributed by atoms with van der Waals surface area (Å²) in [6.07, 6.45) is 2.61. The largest absolute Gasteiger partial charge is 0.337 e. The molecule has 3 heterocycles. The van der Waals surface area contributed by atoms with Gasteiger partial charge in [-0.15, -0.1) is 10.2 Å². The number of rotatable bonds is 10. The van der Waals surface area contributed by atoms with Crippen molar-refractivity contribution >= 4 is 11.2 Å². The van der Waals surface area contributed by atoms with Crippen LogP contribution in [0.4, 0.5) is 0 Å². The van der Waals surface area contributed by atoms with E-state index < -0.39 is 0 Å². The van der Waals surface area contributed by atoms with Gasteiger partial charge in [0.05, 0.1) is 5.69 Å². The van der Waals surface area contributed by atoms with Crippen LogP contribution in [-0.2, 0) is 19.5 Å². The van der Waals surface area contributed by atoms with Crippen molar-refractivity contribution in [2.75, 3.05) is 0 Å². The van der Waals surface area contributed by atoms with Crippen LogP contribution in [-0.4, -0.2) is 39.3 Å². The predicted octanol–water partition coefficient (Wildman–Crippen LogP) is 5.24. The topological polar surface area (TPSA) is 116 Å². The maximum Gasteiger partial charge on any atom is 0.337 e. The lowest BCUT2D eigenvalue weighted by molar-refractivity contribution is 0.489. The summed E-state index contributed by atoms with van der Waals surface area (Å²) in [5.74, 6) is 1.45. The Hall–Kier alpha value is -5.12. The van der Waals surface area contributed by atoms with E-state index in [0.29, 0.717) is 42.2 Å². The molecule has 10 heteroatoms. The summed E-state index contributed by atoms with van der Waals surface area (Å²) in [6.45, 7) is 6.92. The molecule has 6 aromatic rings. The SMILES string of the molecule is CCCCc1nc2c(c(=O)n(CC(C)C)c(=O)n2-c2ccccc2)n1Cc1ccc(-c2ccccc2-c2nn[nH]n2)cc1. The van der Waals surface area contributed by atoms with Crippen LogP contribution >= 0.6 is 0 Å². The average molecular weight is 575 g/mol. The molecule has 10 nitrogen and oxygen atoms in total. The van der Waals surface area contributed by atoms with Crippen LogP contribution < -0.4 is 11.2 Å². The van der Waals surface area contributed by atoms with Crippen molar-refractivity contribution in [3.8, 4) is 28.2 Å². The second-order valence-corrected chi connectivity index (χ2v) is 11.1. The molecule has 0 aliphatic rings. The Labute approximate surface area is 248 Å². The van der Waals surface area contributed by atoms with Crippen molar-refractivity contribution in [3.63, 3.8) is 0 Å². The van der Waals surface area contributed by atoms with E-state index in [1.807, 2.05) is 73.0 Å². The monoisotopic (exact) mass is 574 g/mol. The standard InChI is InChI=1S/C33H34N8O2/c1-4-5-15-28-34-31-29(32(42)40(20-22(2)3)33(43)41(31)25-11-7-6-8-12-25)39(28)21-23-16-18-24(19-17-23)26-13-9-10-14-27(26)30-35-37-38-36-30/h6-14,16-19,22H,4-5,15,20-21H2,1-3H3,(H,35,36,37,38). The molecule has 0 aliphatic carbocycles. The van der Waals surface area contributed by atoms with E-state index in [2.05, 4.69) is 51.8 Å². The Morgan fingerprint density at radius 2 is 1.58 bits per heavy atom. The zero-order valence-corrected chi connectivity index (χ0v) is 24.6. The Balaban J connectivity index is 1.48. The van der Waals surface area contributed by atoms with Crippen LogP contribution in [0.5, 0.6) is 0 Å². The highest BCUT2D eigenvalue weighted by Crippen LogP contribution is 2.30. The molecule has 0 saturated heterocycles. The van der Waals surface area contributed by atoms with E-state index in [0.717, 1.165) is 40.9 Å². The van der Waals surface area contributed by atoms with E-state index in [1.54, 1.807) is 4.57 Å². The number of para-hydroxylation sites is 1. The molecular formula is C33H34N8O2. The van der Waals surface area contributed by atoms with Gasteiger partial charge >= 0.3 is 5.69 Å². The van der Waals surface area contributed by atoms with Crippen molar-refractivity contribution in [3.05, 3.63) is 111 Å². The van der Waals surface area contributed by atoms with Crippen molar-refractivity contribution in [1.29, 1.82) is 0 Å². The molecule has 0 radical (unpaired) electrons. The van der Waals surface area contributed by atoms with Gasteiger partial charge in [-0.3, -0.25) is 9.36 Å². The molecule has 0 spiro atoms. The smallest absolute Gasteiger partial charge is 0.318 e. The van der Waals surface area contributed by atoms with Crippen LogP contribution in [0, 0.1) is 5.92 Å². The molecule has 218 valence electrons. The minimum Gasteiger partial charge on any atom is -0.318 e. The average Bonchev–Trinajstić information content (AvgIpc) is 3.68. The Morgan fingerprint density at radius 3 is 2.26 bits per heavy atom. The fourth-order valence-corrected chi connectivity index (χ4v) is 5.49. The van der Waals surface area contributed by atoms with Gasteiger partial charge in [-0.2, -0.15) is 5.21 Å². The van der Waals surface area contributed by atoms with E-state index in [9.17, 15) is 9.59 Å². The normalized spacial score (nSPS) is 11.5. The fourth-order valence-electron chi connectivity index (χ4n) is 5.49. The van der Waals surface area contributed by atoms with Crippen LogP contribution in [0.3, 0.4) is 0 Å². The minimum atomic E-state index is -0.367. The quantitative estimate of drug-likeness (QED) is 0.239. The van der Waals surface area contributed by atoms with Gasteiger partial charge in [0.15, 0.2) is 11.2 Å². The summed E-state index contributed by atoms with van der Waals surface area (Å²) in [4.78, 5) is 32.8. The van der Waals surface area contributed by atoms with Crippen molar-refractivity contribution in [2.45, 2.75) is 53.1 Å². The second kappa shape index (κ2) is 12.0. The number of aryl methyl sites for hydroxylation is 1. The summed E-state index contributed by atoms with van der Waals surface area (Å²) >= 11 is 0. The minimum absolute atomic E-state index is 0.117. The Morgan fingerprint density at radius 1 is 0.860 bits per heavy atom. The molecule has 0 aliphatic heterocycles. The maximum absolute atomic E-state index is 14.0. The third-order valence-corrected chi connectivity index (χ3v) is 7.54. The number of H-pyrrole nitrogens is 1. The highest BCUT2D eigenvalue weighted by Gasteiger charge is 2.23. The molecule has 3 aromatic heterocycles. The van der Waals surface area contributed by atoms with E-state index >= 15 is 0 Å². The number of aromatic amines is 1. The van der Waals surface area contributed by atoms with Crippen molar-refractivity contribution in [1.82, 2.24) is 39.3 Å². The number of imidazole rings is 1. The molecule has 0 amide bonds. The first-order chi connectivity index (χ1) is 21.0. The number of fused-ring (bicyclic) bond motifs is 1. The van der Waals surface area contributed by atoms with Crippen LogP contribution in [0.25, 0.3) is 39.4 Å². The Kier molecular flexibility index (Phi) is 7.83. The van der Waals surface area contributed by atoms with Gasteiger partial charge in [-0.05, 0) is 46.4 Å². The summed E-state index contributed by atoms with van der Waals surface area (Å²) in [6, 6.07) is 25.6. The van der Waals surface area contributed by atoms with Gasteiger partial charge in [0.25, 0.3) is 5.56 Å². The number of hydrogen-bond acceptors (Lipinski definition) is 6. The lowest BCUT2D eigenvalue weighted by Crippen LogP contribution is -2.41. The lowest BCUT2D eigenvalue weighted by atomic mass is 9.98. The highest BCUT2D eigenvalue weighted by molar-refractivity contribution is 5.80. The van der Waals surface area contributed by atoms with E-state index in [4.69, 9.17) is 4.98 Å². The molecule has 0 unspecified atom stereocenters. The van der Waals surface area contributed by atoms with E-state index in [1.165, 1.54) is 4.57 Å². The number of aromatic nitrogens is 8. The molecule has 0 bridgehead atoms. The van der Waals surface area contributed by atoms with Gasteiger partial charge in [-0.25, -0.2) is 14.3 Å². The van der Waals surface area contributed by atoms with Gasteiger partial charge in [0.2, 0.25) is 5.82 Å². The number of tetrazole rings is 1. The first kappa shape index (κ1) is 28.0. The van der Waals surface area contributed by atoms with Gasteiger partial charge in [0.1, 0.15) is 5.82 Å². The maximum atomic E-state index is 14.0. The molecule has 6 rings (SSSR count). The highest BCUT2D eigenvalue weighted by atomic mass is 16.2. The number of unbranched alkanes of at least 4 members (excludes halogenated alkanes) is 1. The third kappa shape index (κ3) is 5.43. The first-order valence-electron chi connectivity index (χ1n) is 14.7. The molecule has 1 N–H and O–H groups in total. The number of nitrogens with one attached hydrogen (secondary N) is 1. The number of hydrogen-bond donors (Lipinski definition) is 1. The number of nitrogens with zero attached hydrogens (tertiary/aromatic N) is 7. The van der Waals surface area contributed by atoms with Crippen LogP contribution in [0.15, 0.2) is 88.5 Å². The second-order valence-electron chi connectivity index (χ2n) is 11.1. The van der Waals surface area contributed by atoms with Gasteiger partial charge in [-0.1, -0.05) is 93.9 Å². The molecule has 3 aromatic carbocycles. The van der Waals surface area contributed by atoms with E-state index in [-0.39, 0.29) is 17.2 Å².